The zero-order valence-corrected chi connectivity index (χ0v) is 24.9. The standard InChI is InChI=1S/C19H19N3O16S5/c20-17-15(42(32,33)34)8-10-7-14(41(29,30)31)11(9-40(26,27)28)19(23)16(10)18(17)22-21-12-3-1-2-4-13(12)39(24,25)6-5-38-43(35,36)37/h1-4,7-8,23H,5-6,9,20H2,(H,26,27,28)(H,29,30,31)(H,32,33,34)(H,35,36,37). The van der Waals surface area contributed by atoms with Gasteiger partial charge in [-0.15, -0.1) is 10.2 Å². The van der Waals surface area contributed by atoms with Gasteiger partial charge in [0.05, 0.1) is 28.3 Å². The number of phenolic OH excluding ortho intramolecular Hbond substituents is 1. The van der Waals surface area contributed by atoms with Crippen molar-refractivity contribution in [3.63, 3.8) is 0 Å². The molecule has 43 heavy (non-hydrogen) atoms. The van der Waals surface area contributed by atoms with Crippen molar-refractivity contribution < 1.29 is 69.6 Å². The monoisotopic (exact) mass is 705 g/mol. The van der Waals surface area contributed by atoms with Crippen molar-refractivity contribution in [1.29, 1.82) is 0 Å². The van der Waals surface area contributed by atoms with Gasteiger partial charge in [-0.05, 0) is 29.7 Å². The fourth-order valence-electron chi connectivity index (χ4n) is 3.67. The van der Waals surface area contributed by atoms with E-state index in [-0.39, 0.29) is 0 Å². The molecule has 0 bridgehead atoms. The Bertz CT molecular complexity index is 2210. The summed E-state index contributed by atoms with van der Waals surface area (Å²) in [4.78, 5) is -3.01. The van der Waals surface area contributed by atoms with Crippen LogP contribution >= 0.6 is 0 Å². The Kier molecular flexibility index (Phi) is 9.25. The van der Waals surface area contributed by atoms with E-state index in [0.29, 0.717) is 12.1 Å². The number of aromatic hydroxyl groups is 1. The van der Waals surface area contributed by atoms with E-state index in [1.807, 2.05) is 0 Å². The molecule has 7 N–H and O–H groups in total. The van der Waals surface area contributed by atoms with Gasteiger partial charge in [-0.3, -0.25) is 18.2 Å². The first-order chi connectivity index (χ1) is 19.4. The molecule has 0 heterocycles. The summed E-state index contributed by atoms with van der Waals surface area (Å²) in [6.45, 7) is -1.01. The van der Waals surface area contributed by atoms with E-state index in [0.717, 1.165) is 12.1 Å². The Morgan fingerprint density at radius 3 is 1.86 bits per heavy atom. The van der Waals surface area contributed by atoms with Crippen LogP contribution in [-0.4, -0.2) is 77.8 Å². The normalized spacial score (nSPS) is 13.6. The summed E-state index contributed by atoms with van der Waals surface area (Å²) in [7, 11) is -25.1. The maximum Gasteiger partial charge on any atom is 0.397 e. The summed E-state index contributed by atoms with van der Waals surface area (Å²) in [6, 6.07) is 5.56. The highest BCUT2D eigenvalue weighted by Crippen LogP contribution is 2.46. The zero-order valence-electron chi connectivity index (χ0n) is 20.8. The lowest BCUT2D eigenvalue weighted by atomic mass is 10.0. The quantitative estimate of drug-likeness (QED) is 0.0920. The smallest absolute Gasteiger partial charge is 0.397 e. The summed E-state index contributed by atoms with van der Waals surface area (Å²) < 4.78 is 159. The second-order valence-electron chi connectivity index (χ2n) is 8.35. The molecular formula is C19H19N3O16S5. The van der Waals surface area contributed by atoms with E-state index >= 15 is 0 Å². The van der Waals surface area contributed by atoms with Crippen LogP contribution in [0.1, 0.15) is 5.56 Å². The highest BCUT2D eigenvalue weighted by molar-refractivity contribution is 7.91. The van der Waals surface area contributed by atoms with Crippen LogP contribution in [0.2, 0.25) is 0 Å². The molecule has 19 nitrogen and oxygen atoms in total. The minimum atomic E-state index is -5.35. The van der Waals surface area contributed by atoms with Crippen molar-refractivity contribution >= 4 is 78.4 Å². The van der Waals surface area contributed by atoms with E-state index < -0.39 is 123 Å². The van der Waals surface area contributed by atoms with Crippen LogP contribution in [0.25, 0.3) is 10.8 Å². The van der Waals surface area contributed by atoms with Gasteiger partial charge < -0.3 is 10.8 Å². The molecule has 0 spiro atoms. The van der Waals surface area contributed by atoms with Crippen LogP contribution in [0.4, 0.5) is 17.1 Å². The number of benzene rings is 3. The highest BCUT2D eigenvalue weighted by Gasteiger charge is 2.29. The zero-order chi connectivity index (χ0) is 32.8. The Balaban J connectivity index is 2.37. The van der Waals surface area contributed by atoms with Gasteiger partial charge in [-0.2, -0.15) is 33.7 Å². The molecule has 0 radical (unpaired) electrons. The molecule has 0 aliphatic rings. The molecule has 236 valence electrons. The highest BCUT2D eigenvalue weighted by atomic mass is 32.3. The molecule has 0 fully saturated rings. The van der Waals surface area contributed by atoms with Crippen LogP contribution in [-0.2, 0) is 60.5 Å². The number of rotatable bonds is 11. The fraction of sp³-hybridized carbons (Fsp3) is 0.158. The molecule has 0 unspecified atom stereocenters. The second-order valence-corrected chi connectivity index (χ2v) is 15.8. The number of azo groups is 1. The summed E-state index contributed by atoms with van der Waals surface area (Å²) in [6.07, 6.45) is 0. The van der Waals surface area contributed by atoms with Crippen LogP contribution < -0.4 is 5.73 Å². The van der Waals surface area contributed by atoms with E-state index in [9.17, 15) is 60.9 Å². The number of nitrogens with zero attached hydrogens (tertiary/aromatic N) is 2. The molecule has 3 rings (SSSR count). The Labute approximate surface area is 243 Å². The van der Waals surface area contributed by atoms with Gasteiger partial charge in [0.15, 0.2) is 9.84 Å². The van der Waals surface area contributed by atoms with E-state index in [1.165, 1.54) is 12.1 Å². The van der Waals surface area contributed by atoms with Crippen molar-refractivity contribution in [3.8, 4) is 5.75 Å². The molecule has 0 atom stereocenters. The van der Waals surface area contributed by atoms with Gasteiger partial charge in [0, 0.05) is 5.56 Å². The second kappa shape index (κ2) is 11.6. The van der Waals surface area contributed by atoms with Gasteiger partial charge >= 0.3 is 10.4 Å². The Hall–Kier alpha value is -3.33. The largest absolute Gasteiger partial charge is 0.507 e. The van der Waals surface area contributed by atoms with E-state index in [2.05, 4.69) is 14.4 Å². The lowest BCUT2D eigenvalue weighted by Gasteiger charge is -2.15. The summed E-state index contributed by atoms with van der Waals surface area (Å²) in [5, 5.41) is 16.9. The molecule has 3 aromatic rings. The maximum absolute atomic E-state index is 12.8. The molecule has 0 saturated heterocycles. The minimum absolute atomic E-state index is 0.478. The molecule has 24 heteroatoms. The predicted molar refractivity (Wildman–Crippen MR) is 145 cm³/mol. The third-order valence-electron chi connectivity index (χ3n) is 5.36. The van der Waals surface area contributed by atoms with Crippen molar-refractivity contribution in [2.75, 3.05) is 18.1 Å². The van der Waals surface area contributed by atoms with Crippen molar-refractivity contribution in [3.05, 3.63) is 42.0 Å². The number of fused-ring (bicyclic) bond motifs is 1. The number of anilines is 1. The number of hydrogen-bond acceptors (Lipinski definition) is 15. The minimum Gasteiger partial charge on any atom is -0.507 e. The first-order valence-corrected chi connectivity index (χ1v) is 18.3. The van der Waals surface area contributed by atoms with Crippen LogP contribution in [0.5, 0.6) is 5.75 Å². The molecule has 0 aromatic heterocycles. The topological polar surface area (TPSA) is 332 Å². The van der Waals surface area contributed by atoms with Crippen molar-refractivity contribution in [1.82, 2.24) is 0 Å². The molecule has 0 aliphatic heterocycles. The average Bonchev–Trinajstić information content (AvgIpc) is 2.82. The SMILES string of the molecule is Nc1c(S(=O)(=O)O)cc2cc(S(=O)(=O)O)c(CS(=O)(=O)O)c(O)c2c1N=Nc1ccccc1S(=O)(=O)CCOS(=O)(=O)O. The predicted octanol–water partition coefficient (Wildman–Crippen LogP) is 1.02. The Morgan fingerprint density at radius 2 is 1.33 bits per heavy atom. The van der Waals surface area contributed by atoms with Crippen molar-refractivity contribution in [2.45, 2.75) is 20.4 Å². The first-order valence-electron chi connectivity index (χ1n) is 10.8. The number of phenols is 1. The fourth-order valence-corrected chi connectivity index (χ4v) is 7.46. The summed E-state index contributed by atoms with van der Waals surface area (Å²) in [5.41, 5.74) is 2.43. The number of nitrogens with two attached hydrogens (primary N) is 1. The van der Waals surface area contributed by atoms with Gasteiger partial charge in [-0.25, -0.2) is 12.6 Å². The van der Waals surface area contributed by atoms with E-state index in [1.54, 1.807) is 0 Å². The molecular weight excluding hydrogens is 687 g/mol. The van der Waals surface area contributed by atoms with Crippen LogP contribution in [0.3, 0.4) is 0 Å². The summed E-state index contributed by atoms with van der Waals surface area (Å²) >= 11 is 0. The van der Waals surface area contributed by atoms with E-state index in [4.69, 9.17) is 10.3 Å². The maximum atomic E-state index is 12.8. The van der Waals surface area contributed by atoms with Gasteiger partial charge in [0.25, 0.3) is 30.4 Å². The molecule has 0 amide bonds. The lowest BCUT2D eigenvalue weighted by molar-refractivity contribution is 0.284. The number of hydrogen-bond donors (Lipinski definition) is 6. The van der Waals surface area contributed by atoms with Gasteiger partial charge in [0.2, 0.25) is 0 Å². The van der Waals surface area contributed by atoms with Crippen LogP contribution in [0.15, 0.2) is 61.3 Å². The number of sulfone groups is 1. The third-order valence-corrected chi connectivity index (χ3v) is 10.0. The van der Waals surface area contributed by atoms with Crippen LogP contribution in [0, 0.1) is 0 Å². The lowest BCUT2D eigenvalue weighted by Crippen LogP contribution is -2.15. The average molecular weight is 706 g/mol. The number of nitrogen functional groups attached to an aromatic ring is 1. The van der Waals surface area contributed by atoms with Gasteiger partial charge in [-0.1, -0.05) is 12.1 Å². The first kappa shape index (κ1) is 34.2. The summed E-state index contributed by atoms with van der Waals surface area (Å²) in [5.74, 6) is -3.89. The molecule has 0 saturated carbocycles. The van der Waals surface area contributed by atoms with Gasteiger partial charge in [0.1, 0.15) is 32.7 Å². The molecule has 3 aromatic carbocycles. The Morgan fingerprint density at radius 1 is 0.767 bits per heavy atom. The third kappa shape index (κ3) is 8.19. The molecule has 0 aliphatic carbocycles. The van der Waals surface area contributed by atoms with Crippen molar-refractivity contribution in [2.24, 2.45) is 10.2 Å².